The molecule has 6 nitrogen and oxygen atoms in total. The minimum atomic E-state index is 0.437. The Kier molecular flexibility index (Phi) is 8.22. The van der Waals surface area contributed by atoms with Gasteiger partial charge in [-0.05, 0) is 48.2 Å². The van der Waals surface area contributed by atoms with Crippen LogP contribution >= 0.6 is 0 Å². The molecule has 30 heavy (non-hydrogen) atoms. The third-order valence-electron chi connectivity index (χ3n) is 5.80. The van der Waals surface area contributed by atoms with E-state index in [0.29, 0.717) is 12.1 Å². The molecule has 3 rings (SSSR count). The van der Waals surface area contributed by atoms with Crippen molar-refractivity contribution >= 4 is 0 Å². The van der Waals surface area contributed by atoms with Gasteiger partial charge in [-0.15, -0.1) is 0 Å². The Bertz CT molecular complexity index is 744. The highest BCUT2D eigenvalue weighted by atomic mass is 16.5. The van der Waals surface area contributed by atoms with Gasteiger partial charge in [0.25, 0.3) is 0 Å². The number of benzene rings is 2. The van der Waals surface area contributed by atoms with Crippen molar-refractivity contribution in [1.29, 1.82) is 0 Å². The highest BCUT2D eigenvalue weighted by molar-refractivity contribution is 5.43. The number of methoxy groups -OCH3 is 4. The van der Waals surface area contributed by atoms with Crippen LogP contribution < -0.4 is 29.6 Å². The molecule has 0 aromatic heterocycles. The van der Waals surface area contributed by atoms with Gasteiger partial charge in [0.1, 0.15) is 0 Å². The summed E-state index contributed by atoms with van der Waals surface area (Å²) in [4.78, 5) is 0. The lowest BCUT2D eigenvalue weighted by molar-refractivity contribution is 0.280. The predicted molar refractivity (Wildman–Crippen MR) is 119 cm³/mol. The van der Waals surface area contributed by atoms with E-state index >= 15 is 0 Å². The highest BCUT2D eigenvalue weighted by Gasteiger charge is 2.24. The van der Waals surface area contributed by atoms with Crippen LogP contribution in [0.25, 0.3) is 0 Å². The Morgan fingerprint density at radius 1 is 0.633 bits per heavy atom. The second kappa shape index (κ2) is 11.1. The first-order chi connectivity index (χ1) is 14.7. The number of hydrogen-bond acceptors (Lipinski definition) is 6. The fraction of sp³-hybridized carbons (Fsp3) is 0.500. The van der Waals surface area contributed by atoms with E-state index in [2.05, 4.69) is 22.8 Å². The maximum absolute atomic E-state index is 5.43. The fourth-order valence-corrected chi connectivity index (χ4v) is 4.10. The number of nitrogens with one attached hydrogen (secondary N) is 2. The molecule has 2 aromatic carbocycles. The first-order valence-electron chi connectivity index (χ1n) is 10.6. The third kappa shape index (κ3) is 5.58. The van der Waals surface area contributed by atoms with E-state index < -0.39 is 0 Å². The minimum absolute atomic E-state index is 0.437. The molecule has 0 radical (unpaired) electrons. The van der Waals surface area contributed by atoms with E-state index in [1.54, 1.807) is 28.4 Å². The summed E-state index contributed by atoms with van der Waals surface area (Å²) < 4.78 is 21.5. The summed E-state index contributed by atoms with van der Waals surface area (Å²) in [5, 5.41) is 7.50. The molecule has 1 fully saturated rings. The van der Waals surface area contributed by atoms with Crippen molar-refractivity contribution in [1.82, 2.24) is 10.6 Å². The zero-order valence-corrected chi connectivity index (χ0v) is 18.5. The number of hydrogen-bond donors (Lipinski definition) is 2. The molecule has 2 aromatic rings. The van der Waals surface area contributed by atoms with Gasteiger partial charge in [0, 0.05) is 25.2 Å². The van der Waals surface area contributed by atoms with E-state index in [1.807, 2.05) is 24.3 Å². The molecular weight excluding hydrogens is 380 g/mol. The van der Waals surface area contributed by atoms with Gasteiger partial charge in [-0.1, -0.05) is 25.0 Å². The summed E-state index contributed by atoms with van der Waals surface area (Å²) in [6, 6.07) is 13.1. The lowest BCUT2D eigenvalue weighted by atomic mass is 9.90. The van der Waals surface area contributed by atoms with Crippen LogP contribution in [0.2, 0.25) is 0 Å². The standard InChI is InChI=1S/C24H34N2O4/c1-27-21-11-9-17(13-23(21)29-3)15-25-19-7-5-6-8-20(19)26-16-18-10-12-22(28-2)24(14-18)30-4/h9-14,19-20,25-26H,5-8,15-16H2,1-4H3/t19-,20-/m0/s1. The quantitative estimate of drug-likeness (QED) is 0.615. The number of rotatable bonds is 10. The molecule has 1 aliphatic carbocycles. The molecule has 0 heterocycles. The van der Waals surface area contributed by atoms with Gasteiger partial charge >= 0.3 is 0 Å². The molecule has 6 heteroatoms. The second-order valence-corrected chi connectivity index (χ2v) is 7.64. The molecule has 0 spiro atoms. The average Bonchev–Trinajstić information content (AvgIpc) is 2.81. The maximum atomic E-state index is 5.43. The summed E-state index contributed by atoms with van der Waals surface area (Å²) in [6.45, 7) is 1.61. The molecule has 164 valence electrons. The first kappa shape index (κ1) is 22.2. The summed E-state index contributed by atoms with van der Waals surface area (Å²) >= 11 is 0. The van der Waals surface area contributed by atoms with Crippen molar-refractivity contribution in [2.45, 2.75) is 50.9 Å². The molecule has 0 unspecified atom stereocenters. The second-order valence-electron chi connectivity index (χ2n) is 7.64. The SMILES string of the molecule is COc1ccc(CN[C@H]2CCCC[C@@H]2NCc2ccc(OC)c(OC)c2)cc1OC. The van der Waals surface area contributed by atoms with Gasteiger partial charge in [0.05, 0.1) is 28.4 Å². The van der Waals surface area contributed by atoms with E-state index in [4.69, 9.17) is 18.9 Å². The van der Waals surface area contributed by atoms with Crippen LogP contribution in [0, 0.1) is 0 Å². The zero-order chi connectivity index (χ0) is 21.3. The Labute approximate surface area is 179 Å². The van der Waals surface area contributed by atoms with Gasteiger partial charge in [0.2, 0.25) is 0 Å². The van der Waals surface area contributed by atoms with E-state index in [-0.39, 0.29) is 0 Å². The van der Waals surface area contributed by atoms with Gasteiger partial charge in [0.15, 0.2) is 23.0 Å². The van der Waals surface area contributed by atoms with Crippen molar-refractivity contribution in [3.63, 3.8) is 0 Å². The van der Waals surface area contributed by atoms with Crippen LogP contribution in [0.15, 0.2) is 36.4 Å². The maximum Gasteiger partial charge on any atom is 0.161 e. The monoisotopic (exact) mass is 414 g/mol. The van der Waals surface area contributed by atoms with Gasteiger partial charge < -0.3 is 29.6 Å². The van der Waals surface area contributed by atoms with E-state index in [1.165, 1.54) is 36.8 Å². The summed E-state index contributed by atoms with van der Waals surface area (Å²) in [7, 11) is 6.66. The third-order valence-corrected chi connectivity index (χ3v) is 5.80. The zero-order valence-electron chi connectivity index (χ0n) is 18.5. The molecular formula is C24H34N2O4. The highest BCUT2D eigenvalue weighted by Crippen LogP contribution is 2.29. The lowest BCUT2D eigenvalue weighted by Gasteiger charge is -2.33. The normalized spacial score (nSPS) is 18.7. The summed E-state index contributed by atoms with van der Waals surface area (Å²) in [5.41, 5.74) is 2.38. The smallest absolute Gasteiger partial charge is 0.161 e. The predicted octanol–water partition coefficient (Wildman–Crippen LogP) is 3.91. The Balaban J connectivity index is 1.58. The topological polar surface area (TPSA) is 61.0 Å². The van der Waals surface area contributed by atoms with Gasteiger partial charge in [-0.3, -0.25) is 0 Å². The summed E-state index contributed by atoms with van der Waals surface area (Å²) in [6.07, 6.45) is 4.88. The molecule has 2 N–H and O–H groups in total. The largest absolute Gasteiger partial charge is 0.493 e. The van der Waals surface area contributed by atoms with Crippen molar-refractivity contribution in [3.05, 3.63) is 47.5 Å². The molecule has 2 atom stereocenters. The molecule has 0 aliphatic heterocycles. The summed E-state index contributed by atoms with van der Waals surface area (Å²) in [5.74, 6) is 3.05. The van der Waals surface area contributed by atoms with Crippen molar-refractivity contribution in [2.75, 3.05) is 28.4 Å². The van der Waals surface area contributed by atoms with Gasteiger partial charge in [-0.2, -0.15) is 0 Å². The Morgan fingerprint density at radius 3 is 1.40 bits per heavy atom. The van der Waals surface area contributed by atoms with Crippen molar-refractivity contribution in [2.24, 2.45) is 0 Å². The van der Waals surface area contributed by atoms with Crippen molar-refractivity contribution in [3.8, 4) is 23.0 Å². The van der Waals surface area contributed by atoms with Crippen molar-refractivity contribution < 1.29 is 18.9 Å². The average molecular weight is 415 g/mol. The number of ether oxygens (including phenoxy) is 4. The molecule has 0 bridgehead atoms. The fourth-order valence-electron chi connectivity index (χ4n) is 4.10. The Hall–Kier alpha value is -2.44. The van der Waals surface area contributed by atoms with Gasteiger partial charge in [-0.25, -0.2) is 0 Å². The molecule has 1 saturated carbocycles. The van der Waals surface area contributed by atoms with Crippen LogP contribution in [0.4, 0.5) is 0 Å². The van der Waals surface area contributed by atoms with Crippen LogP contribution in [0.5, 0.6) is 23.0 Å². The minimum Gasteiger partial charge on any atom is -0.493 e. The van der Waals surface area contributed by atoms with Crippen LogP contribution in [0.3, 0.4) is 0 Å². The lowest BCUT2D eigenvalue weighted by Crippen LogP contribution is -2.49. The van der Waals surface area contributed by atoms with Crippen LogP contribution in [0.1, 0.15) is 36.8 Å². The van der Waals surface area contributed by atoms with E-state index in [9.17, 15) is 0 Å². The van der Waals surface area contributed by atoms with Crippen LogP contribution in [-0.4, -0.2) is 40.5 Å². The first-order valence-corrected chi connectivity index (χ1v) is 10.6. The Morgan fingerprint density at radius 2 is 1.03 bits per heavy atom. The van der Waals surface area contributed by atoms with E-state index in [0.717, 1.165) is 36.1 Å². The molecule has 0 saturated heterocycles. The van der Waals surface area contributed by atoms with Crippen LogP contribution in [-0.2, 0) is 13.1 Å². The molecule has 0 amide bonds. The molecule has 1 aliphatic rings.